The Kier molecular flexibility index (Phi) is 8.09. The summed E-state index contributed by atoms with van der Waals surface area (Å²) < 4.78 is 18.1. The largest absolute Gasteiger partial charge is 0.462 e. The van der Waals surface area contributed by atoms with Crippen LogP contribution in [-0.4, -0.2) is 74.6 Å². The van der Waals surface area contributed by atoms with E-state index in [0.29, 0.717) is 17.8 Å². The molecule has 2 amide bonds. The van der Waals surface area contributed by atoms with E-state index in [1.165, 1.54) is 17.0 Å². The minimum Gasteiger partial charge on any atom is -0.462 e. The Morgan fingerprint density at radius 1 is 1.00 bits per heavy atom. The number of imide groups is 1. The quantitative estimate of drug-likeness (QED) is 0.334. The third-order valence-electron chi connectivity index (χ3n) is 6.39. The molecule has 0 aliphatic carbocycles. The topological polar surface area (TPSA) is 82.2 Å². The highest BCUT2D eigenvalue weighted by Crippen LogP contribution is 2.24. The summed E-state index contributed by atoms with van der Waals surface area (Å²) in [5, 5.41) is 3.23. The number of carbonyl (C=O) groups is 3. The standard InChI is InChI=1S/C26H31FN4O4/c1-2-35-26(34)19-4-8-22(9-5-19)31-24(32)18-23(25(31)33)28-12-3-13-29-14-16-30(17-15-29)21-10-6-20(27)7-11-21/h4-11,23,28H,2-3,12-18H2,1H3/t23-/m0/s1. The molecule has 1 N–H and O–H groups in total. The van der Waals surface area contributed by atoms with Gasteiger partial charge in [-0.25, -0.2) is 14.1 Å². The first-order valence-corrected chi connectivity index (χ1v) is 12.1. The number of hydrogen-bond acceptors (Lipinski definition) is 7. The van der Waals surface area contributed by atoms with Gasteiger partial charge in [0, 0.05) is 31.9 Å². The fourth-order valence-electron chi connectivity index (χ4n) is 4.48. The monoisotopic (exact) mass is 482 g/mol. The number of piperazine rings is 1. The highest BCUT2D eigenvalue weighted by molar-refractivity contribution is 6.22. The first kappa shape index (κ1) is 24.8. The molecule has 4 rings (SSSR count). The molecule has 0 bridgehead atoms. The molecule has 2 heterocycles. The van der Waals surface area contributed by atoms with Crippen LogP contribution in [0.5, 0.6) is 0 Å². The van der Waals surface area contributed by atoms with Crippen LogP contribution < -0.4 is 15.1 Å². The van der Waals surface area contributed by atoms with Crippen LogP contribution in [0.2, 0.25) is 0 Å². The molecular formula is C26H31FN4O4. The van der Waals surface area contributed by atoms with Crippen molar-refractivity contribution in [2.75, 3.05) is 55.7 Å². The number of esters is 1. The Morgan fingerprint density at radius 3 is 2.31 bits per heavy atom. The maximum Gasteiger partial charge on any atom is 0.338 e. The molecule has 0 aromatic heterocycles. The Balaban J connectivity index is 1.20. The SMILES string of the molecule is CCOC(=O)c1ccc(N2C(=O)C[C@H](NCCCN3CCN(c4ccc(F)cc4)CC3)C2=O)cc1. The average molecular weight is 483 g/mol. The molecular weight excluding hydrogens is 451 g/mol. The number of halogens is 1. The lowest BCUT2D eigenvalue weighted by atomic mass is 10.2. The molecule has 2 saturated heterocycles. The van der Waals surface area contributed by atoms with Gasteiger partial charge in [-0.1, -0.05) is 0 Å². The predicted molar refractivity (Wildman–Crippen MR) is 131 cm³/mol. The molecule has 8 nitrogen and oxygen atoms in total. The Bertz CT molecular complexity index is 1040. The van der Waals surface area contributed by atoms with E-state index in [1.54, 1.807) is 31.2 Å². The lowest BCUT2D eigenvalue weighted by Gasteiger charge is -2.36. The van der Waals surface area contributed by atoms with Gasteiger partial charge in [0.15, 0.2) is 0 Å². The summed E-state index contributed by atoms with van der Waals surface area (Å²) in [5.41, 5.74) is 1.87. The van der Waals surface area contributed by atoms with E-state index in [2.05, 4.69) is 15.1 Å². The van der Waals surface area contributed by atoms with Gasteiger partial charge in [0.25, 0.3) is 5.91 Å². The Hall–Kier alpha value is -3.30. The van der Waals surface area contributed by atoms with Crippen molar-refractivity contribution in [3.05, 3.63) is 59.9 Å². The molecule has 0 saturated carbocycles. The highest BCUT2D eigenvalue weighted by Gasteiger charge is 2.39. The average Bonchev–Trinajstić information content (AvgIpc) is 3.15. The van der Waals surface area contributed by atoms with Gasteiger partial charge < -0.3 is 15.0 Å². The van der Waals surface area contributed by atoms with Crippen LogP contribution >= 0.6 is 0 Å². The molecule has 2 aliphatic rings. The van der Waals surface area contributed by atoms with Gasteiger partial charge in [-0.2, -0.15) is 0 Å². The minimum absolute atomic E-state index is 0.120. The number of carbonyl (C=O) groups excluding carboxylic acids is 3. The van der Waals surface area contributed by atoms with E-state index in [0.717, 1.165) is 44.8 Å². The van der Waals surface area contributed by atoms with Gasteiger partial charge in [0.1, 0.15) is 5.82 Å². The fraction of sp³-hybridized carbons (Fsp3) is 0.423. The van der Waals surface area contributed by atoms with Crippen LogP contribution in [0.1, 0.15) is 30.1 Å². The van der Waals surface area contributed by atoms with Crippen molar-refractivity contribution in [3.63, 3.8) is 0 Å². The number of amides is 2. The second-order valence-corrected chi connectivity index (χ2v) is 8.70. The molecule has 186 valence electrons. The zero-order valence-electron chi connectivity index (χ0n) is 19.9. The normalized spacial score (nSPS) is 18.9. The summed E-state index contributed by atoms with van der Waals surface area (Å²) in [6.45, 7) is 7.18. The molecule has 0 spiro atoms. The first-order chi connectivity index (χ1) is 17.0. The molecule has 2 aromatic carbocycles. The lowest BCUT2D eigenvalue weighted by Crippen LogP contribution is -2.47. The second kappa shape index (κ2) is 11.4. The van der Waals surface area contributed by atoms with Crippen molar-refractivity contribution < 1.29 is 23.5 Å². The molecule has 0 unspecified atom stereocenters. The summed E-state index contributed by atoms with van der Waals surface area (Å²) in [6, 6.07) is 12.4. The second-order valence-electron chi connectivity index (χ2n) is 8.70. The van der Waals surface area contributed by atoms with E-state index < -0.39 is 12.0 Å². The maximum atomic E-state index is 13.1. The summed E-state index contributed by atoms with van der Waals surface area (Å²) in [4.78, 5) is 43.0. The molecule has 1 atom stereocenters. The van der Waals surface area contributed by atoms with E-state index in [9.17, 15) is 18.8 Å². The predicted octanol–water partition coefficient (Wildman–Crippen LogP) is 2.44. The highest BCUT2D eigenvalue weighted by atomic mass is 19.1. The number of hydrogen-bond donors (Lipinski definition) is 1. The fourth-order valence-corrected chi connectivity index (χ4v) is 4.48. The molecule has 2 aromatic rings. The Labute approximate surface area is 204 Å². The van der Waals surface area contributed by atoms with Crippen LogP contribution in [0, 0.1) is 5.82 Å². The van der Waals surface area contributed by atoms with E-state index in [1.807, 2.05) is 12.1 Å². The summed E-state index contributed by atoms with van der Waals surface area (Å²) in [6.07, 6.45) is 0.984. The number of anilines is 2. The third-order valence-corrected chi connectivity index (χ3v) is 6.39. The minimum atomic E-state index is -0.539. The van der Waals surface area contributed by atoms with Crippen molar-refractivity contribution in [2.24, 2.45) is 0 Å². The zero-order chi connectivity index (χ0) is 24.8. The van der Waals surface area contributed by atoms with Gasteiger partial charge in [0.05, 0.1) is 30.3 Å². The zero-order valence-corrected chi connectivity index (χ0v) is 19.9. The van der Waals surface area contributed by atoms with Gasteiger partial charge in [-0.05, 0) is 75.0 Å². The van der Waals surface area contributed by atoms with Crippen molar-refractivity contribution in [1.29, 1.82) is 0 Å². The van der Waals surface area contributed by atoms with E-state index in [-0.39, 0.29) is 30.7 Å². The molecule has 9 heteroatoms. The molecule has 2 aliphatic heterocycles. The number of nitrogens with one attached hydrogen (secondary N) is 1. The first-order valence-electron chi connectivity index (χ1n) is 12.1. The smallest absolute Gasteiger partial charge is 0.338 e. The van der Waals surface area contributed by atoms with Crippen molar-refractivity contribution in [3.8, 4) is 0 Å². The lowest BCUT2D eigenvalue weighted by molar-refractivity contribution is -0.121. The molecule has 35 heavy (non-hydrogen) atoms. The van der Waals surface area contributed by atoms with Crippen molar-refractivity contribution in [2.45, 2.75) is 25.8 Å². The third kappa shape index (κ3) is 6.04. The van der Waals surface area contributed by atoms with Crippen LogP contribution in [-0.2, 0) is 14.3 Å². The van der Waals surface area contributed by atoms with Gasteiger partial charge in [-0.15, -0.1) is 0 Å². The number of nitrogens with zero attached hydrogens (tertiary/aromatic N) is 3. The van der Waals surface area contributed by atoms with Gasteiger partial charge in [0.2, 0.25) is 5.91 Å². The number of ether oxygens (including phenoxy) is 1. The molecule has 2 fully saturated rings. The van der Waals surface area contributed by atoms with Gasteiger partial charge >= 0.3 is 5.97 Å². The van der Waals surface area contributed by atoms with Crippen molar-refractivity contribution in [1.82, 2.24) is 10.2 Å². The van der Waals surface area contributed by atoms with E-state index >= 15 is 0 Å². The van der Waals surface area contributed by atoms with Crippen LogP contribution in [0.15, 0.2) is 48.5 Å². The number of rotatable bonds is 9. The van der Waals surface area contributed by atoms with Crippen LogP contribution in [0.3, 0.4) is 0 Å². The Morgan fingerprint density at radius 2 is 1.66 bits per heavy atom. The maximum absolute atomic E-state index is 13.1. The van der Waals surface area contributed by atoms with Crippen molar-refractivity contribution >= 4 is 29.2 Å². The summed E-state index contributed by atoms with van der Waals surface area (Å²) in [7, 11) is 0. The van der Waals surface area contributed by atoms with Crippen LogP contribution in [0.4, 0.5) is 15.8 Å². The van der Waals surface area contributed by atoms with Crippen LogP contribution in [0.25, 0.3) is 0 Å². The molecule has 0 radical (unpaired) electrons. The number of benzene rings is 2. The summed E-state index contributed by atoms with van der Waals surface area (Å²) in [5.74, 6) is -1.19. The summed E-state index contributed by atoms with van der Waals surface area (Å²) >= 11 is 0. The van der Waals surface area contributed by atoms with Gasteiger partial charge in [-0.3, -0.25) is 14.5 Å². The van der Waals surface area contributed by atoms with E-state index in [4.69, 9.17) is 4.74 Å².